The maximum atomic E-state index is 13.0. The number of carbonyl (C=O) groups is 2. The summed E-state index contributed by atoms with van der Waals surface area (Å²) in [4.78, 5) is 36.6. The lowest BCUT2D eigenvalue weighted by molar-refractivity contribution is 0.102. The molecule has 36 heavy (non-hydrogen) atoms. The number of allylic oxidation sites excluding steroid dienone is 2. The number of hydrogen-bond acceptors (Lipinski definition) is 7. The van der Waals surface area contributed by atoms with E-state index in [0.717, 1.165) is 29.7 Å². The van der Waals surface area contributed by atoms with Gasteiger partial charge in [-0.05, 0) is 68.0 Å². The van der Waals surface area contributed by atoms with Crippen LogP contribution in [0.3, 0.4) is 0 Å². The van der Waals surface area contributed by atoms with E-state index in [-0.39, 0.29) is 17.2 Å². The Morgan fingerprint density at radius 1 is 1.25 bits per heavy atom. The third kappa shape index (κ3) is 8.15. The number of ketones is 1. The van der Waals surface area contributed by atoms with E-state index < -0.39 is 23.3 Å². The summed E-state index contributed by atoms with van der Waals surface area (Å²) in [7, 11) is 1.27. The first-order valence-electron chi connectivity index (χ1n) is 12.0. The molecule has 0 saturated heterocycles. The Kier molecular flexibility index (Phi) is 11.0. The van der Waals surface area contributed by atoms with E-state index in [1.54, 1.807) is 19.1 Å². The van der Waals surface area contributed by atoms with Gasteiger partial charge in [-0.25, -0.2) is 9.59 Å². The number of unbranched alkanes of at least 4 members (excludes halogenated alkanes) is 1. The minimum Gasteiger partial charge on any atom is -0.507 e. The lowest BCUT2D eigenvalue weighted by Crippen LogP contribution is -2.17. The van der Waals surface area contributed by atoms with E-state index in [9.17, 15) is 19.5 Å². The molecule has 0 aliphatic carbocycles. The standard InChI is InChI=1S/C28H35NO7/c1-6-7-14-35-22-12-11-21(19(3)16-22)15-20(4)26(31)25-23(30)17-24(36-27(25)32)18(2)10-8-9-13-29-28(33)34-5/h9,11-13,15-18,30H,6-8,10,14H2,1-5H3,(H,29,33)/b13-9+,20-15+. The van der Waals surface area contributed by atoms with E-state index >= 15 is 0 Å². The number of amides is 1. The highest BCUT2D eigenvalue weighted by Crippen LogP contribution is 2.27. The van der Waals surface area contributed by atoms with E-state index in [1.807, 2.05) is 32.0 Å². The molecule has 1 aromatic carbocycles. The van der Waals surface area contributed by atoms with Crippen LogP contribution in [0.2, 0.25) is 0 Å². The molecule has 1 heterocycles. The summed E-state index contributed by atoms with van der Waals surface area (Å²) in [5.74, 6) is -0.169. The van der Waals surface area contributed by atoms with Gasteiger partial charge in [0, 0.05) is 18.2 Å². The van der Waals surface area contributed by atoms with Crippen molar-refractivity contribution in [2.75, 3.05) is 13.7 Å². The predicted molar refractivity (Wildman–Crippen MR) is 139 cm³/mol. The molecule has 0 saturated carbocycles. The zero-order valence-electron chi connectivity index (χ0n) is 21.6. The summed E-state index contributed by atoms with van der Waals surface area (Å²) in [6.45, 7) is 8.10. The molecule has 0 fully saturated rings. The molecule has 8 nitrogen and oxygen atoms in total. The topological polar surface area (TPSA) is 115 Å². The molecule has 2 rings (SSSR count). The summed E-state index contributed by atoms with van der Waals surface area (Å²) in [6.07, 6.45) is 7.52. The minimum atomic E-state index is -0.881. The second kappa shape index (κ2) is 13.9. The molecule has 1 unspecified atom stereocenters. The largest absolute Gasteiger partial charge is 0.507 e. The molecule has 1 atom stereocenters. The van der Waals surface area contributed by atoms with Gasteiger partial charge in [0.25, 0.3) is 0 Å². The molecule has 2 aromatic rings. The molecular weight excluding hydrogens is 462 g/mol. The van der Waals surface area contributed by atoms with E-state index in [4.69, 9.17) is 9.15 Å². The van der Waals surface area contributed by atoms with E-state index in [1.165, 1.54) is 19.4 Å². The Labute approximate surface area is 211 Å². The van der Waals surface area contributed by atoms with Crippen molar-refractivity contribution in [1.29, 1.82) is 0 Å². The number of hydrogen-bond donors (Lipinski definition) is 2. The fraction of sp³-hybridized carbons (Fsp3) is 0.393. The van der Waals surface area contributed by atoms with Gasteiger partial charge in [-0.2, -0.15) is 0 Å². The summed E-state index contributed by atoms with van der Waals surface area (Å²) in [5.41, 5.74) is 0.761. The van der Waals surface area contributed by atoms with Crippen LogP contribution in [0.25, 0.3) is 6.08 Å². The first-order valence-corrected chi connectivity index (χ1v) is 12.0. The van der Waals surface area contributed by atoms with Crippen molar-refractivity contribution in [1.82, 2.24) is 5.32 Å². The van der Waals surface area contributed by atoms with Gasteiger partial charge in [0.15, 0.2) is 5.78 Å². The Bertz CT molecular complexity index is 1180. The fourth-order valence-electron chi connectivity index (χ4n) is 3.44. The third-order valence-electron chi connectivity index (χ3n) is 5.67. The number of alkyl carbamates (subject to hydrolysis) is 1. The quantitative estimate of drug-likeness (QED) is 0.214. The highest BCUT2D eigenvalue weighted by atomic mass is 16.5. The van der Waals surface area contributed by atoms with Crippen molar-refractivity contribution < 1.29 is 28.6 Å². The summed E-state index contributed by atoms with van der Waals surface area (Å²) >= 11 is 0. The van der Waals surface area contributed by atoms with E-state index in [2.05, 4.69) is 17.0 Å². The zero-order chi connectivity index (χ0) is 26.7. The highest BCUT2D eigenvalue weighted by molar-refractivity contribution is 6.12. The zero-order valence-corrected chi connectivity index (χ0v) is 21.6. The van der Waals surface area contributed by atoms with Crippen LogP contribution in [0.4, 0.5) is 4.79 Å². The van der Waals surface area contributed by atoms with Crippen LogP contribution in [-0.2, 0) is 4.74 Å². The molecule has 194 valence electrons. The lowest BCUT2D eigenvalue weighted by atomic mass is 9.98. The van der Waals surface area contributed by atoms with Gasteiger partial charge in [-0.3, -0.25) is 10.1 Å². The van der Waals surface area contributed by atoms with Crippen molar-refractivity contribution in [2.24, 2.45) is 0 Å². The first kappa shape index (κ1) is 28.4. The van der Waals surface area contributed by atoms with Gasteiger partial charge in [0.2, 0.25) is 0 Å². The van der Waals surface area contributed by atoms with Crippen LogP contribution < -0.4 is 15.7 Å². The molecular formula is C28H35NO7. The van der Waals surface area contributed by atoms with Crippen LogP contribution in [-0.4, -0.2) is 30.7 Å². The number of ether oxygens (including phenoxy) is 2. The number of Topliss-reactive ketones (excluding diaryl/α,β-unsaturated/α-hetero) is 1. The number of aryl methyl sites for hydroxylation is 1. The van der Waals surface area contributed by atoms with Crippen molar-refractivity contribution in [2.45, 2.75) is 59.3 Å². The van der Waals surface area contributed by atoms with Crippen LogP contribution in [0, 0.1) is 6.92 Å². The number of methoxy groups -OCH3 is 1. The predicted octanol–water partition coefficient (Wildman–Crippen LogP) is 5.87. The maximum absolute atomic E-state index is 13.0. The molecule has 1 aromatic heterocycles. The fourth-order valence-corrected chi connectivity index (χ4v) is 3.44. The third-order valence-corrected chi connectivity index (χ3v) is 5.67. The second-order valence-corrected chi connectivity index (χ2v) is 8.59. The SMILES string of the molecule is CCCCOc1ccc(/C=C(\C)C(=O)c2c(O)cc(C(C)CC/C=C/NC(=O)OC)oc2=O)c(C)c1. The van der Waals surface area contributed by atoms with Crippen molar-refractivity contribution in [3.8, 4) is 11.5 Å². The minimum absolute atomic E-state index is 0.201. The molecule has 0 bridgehead atoms. The maximum Gasteiger partial charge on any atom is 0.410 e. The Balaban J connectivity index is 2.12. The van der Waals surface area contributed by atoms with Gasteiger partial charge in [0.1, 0.15) is 22.8 Å². The lowest BCUT2D eigenvalue weighted by Gasteiger charge is -2.11. The molecule has 0 radical (unpaired) electrons. The smallest absolute Gasteiger partial charge is 0.410 e. The molecule has 2 N–H and O–H groups in total. The molecule has 0 spiro atoms. The second-order valence-electron chi connectivity index (χ2n) is 8.59. The summed E-state index contributed by atoms with van der Waals surface area (Å²) in [6, 6.07) is 6.92. The number of aromatic hydroxyl groups is 1. The number of benzene rings is 1. The van der Waals surface area contributed by atoms with Crippen molar-refractivity contribution >= 4 is 18.0 Å². The first-order chi connectivity index (χ1) is 17.2. The van der Waals surface area contributed by atoms with Crippen LogP contribution >= 0.6 is 0 Å². The van der Waals surface area contributed by atoms with Gasteiger partial charge in [-0.15, -0.1) is 0 Å². The van der Waals surface area contributed by atoms with Gasteiger partial charge >= 0.3 is 11.7 Å². The number of nitrogens with one attached hydrogen (secondary N) is 1. The van der Waals surface area contributed by atoms with Gasteiger partial charge in [-0.1, -0.05) is 32.4 Å². The number of rotatable bonds is 12. The van der Waals surface area contributed by atoms with Gasteiger partial charge < -0.3 is 19.0 Å². The van der Waals surface area contributed by atoms with Gasteiger partial charge in [0.05, 0.1) is 13.7 Å². The Hall–Kier alpha value is -3.81. The van der Waals surface area contributed by atoms with Crippen molar-refractivity contribution in [3.63, 3.8) is 0 Å². The molecule has 0 aliphatic rings. The average Bonchev–Trinajstić information content (AvgIpc) is 2.84. The normalized spacial score (nSPS) is 12.4. The average molecular weight is 498 g/mol. The van der Waals surface area contributed by atoms with Crippen LogP contribution in [0.5, 0.6) is 11.5 Å². The van der Waals surface area contributed by atoms with E-state index in [0.29, 0.717) is 25.0 Å². The summed E-state index contributed by atoms with van der Waals surface area (Å²) in [5, 5.41) is 12.9. The van der Waals surface area contributed by atoms with Crippen LogP contribution in [0.1, 0.15) is 79.6 Å². The number of carbonyl (C=O) groups excluding carboxylic acids is 2. The van der Waals surface area contributed by atoms with Crippen LogP contribution in [0.15, 0.2) is 51.3 Å². The Morgan fingerprint density at radius 2 is 2.00 bits per heavy atom. The highest BCUT2D eigenvalue weighted by Gasteiger charge is 2.22. The molecule has 1 amide bonds. The summed E-state index contributed by atoms with van der Waals surface area (Å²) < 4.78 is 15.6. The van der Waals surface area contributed by atoms with Crippen molar-refractivity contribution in [3.05, 3.63) is 75.0 Å². The Morgan fingerprint density at radius 3 is 2.64 bits per heavy atom. The molecule has 8 heteroatoms. The molecule has 0 aliphatic heterocycles. The monoisotopic (exact) mass is 497 g/mol.